The second kappa shape index (κ2) is 12.5. The first-order chi connectivity index (χ1) is 21.2. The summed E-state index contributed by atoms with van der Waals surface area (Å²) in [5.74, 6) is -1.72. The van der Waals surface area contributed by atoms with Crippen molar-refractivity contribution < 1.29 is 43.1 Å². The Morgan fingerprint density at radius 2 is 1.49 bits per heavy atom. The van der Waals surface area contributed by atoms with E-state index in [9.17, 15) is 15.0 Å². The van der Waals surface area contributed by atoms with Crippen LogP contribution in [0.4, 0.5) is 0 Å². The van der Waals surface area contributed by atoms with Gasteiger partial charge in [0.2, 0.25) is 0 Å². The van der Waals surface area contributed by atoms with Crippen molar-refractivity contribution in [2.24, 2.45) is 17.8 Å². The van der Waals surface area contributed by atoms with Crippen molar-refractivity contribution in [1.29, 1.82) is 0 Å². The zero-order chi connectivity index (χ0) is 32.8. The van der Waals surface area contributed by atoms with Crippen LogP contribution in [0.15, 0.2) is 60.7 Å². The van der Waals surface area contributed by atoms with Gasteiger partial charge >= 0.3 is 5.97 Å². The van der Waals surface area contributed by atoms with E-state index < -0.39 is 49.2 Å². The molecule has 2 aromatic carbocycles. The molecule has 9 nitrogen and oxygen atoms in total. The summed E-state index contributed by atoms with van der Waals surface area (Å²) in [4.78, 5) is 13.2. The van der Waals surface area contributed by atoms with Crippen molar-refractivity contribution in [3.05, 3.63) is 60.7 Å². The summed E-state index contributed by atoms with van der Waals surface area (Å²) < 4.78 is 36.7. The Bertz CT molecular complexity index is 1280. The summed E-state index contributed by atoms with van der Waals surface area (Å²) in [6.45, 7) is 12.0. The molecule has 2 aromatic rings. The largest absolute Gasteiger partial charge is 0.457 e. The third-order valence-electron chi connectivity index (χ3n) is 10.8. The van der Waals surface area contributed by atoms with Crippen LogP contribution in [0.3, 0.4) is 0 Å². The SMILES string of the molecule is COCO[C@H]1C[C@](C)(OCOC)[C@H]2C[C@H](O[Si](c3ccccc3)(c3ccccc3)C(C)(C)C)[C@H](C)[C@H]2[C@@H]2OC(=O)[C@@](C)(O)[C@@]12O. The van der Waals surface area contributed by atoms with Crippen LogP contribution in [0, 0.1) is 17.8 Å². The molecule has 1 heterocycles. The molecule has 2 aliphatic carbocycles. The number of esters is 1. The fourth-order valence-electron chi connectivity index (χ4n) is 8.45. The van der Waals surface area contributed by atoms with Gasteiger partial charge in [-0.05, 0) is 47.5 Å². The molecule has 5 rings (SSSR count). The Labute approximate surface area is 268 Å². The van der Waals surface area contributed by atoms with Gasteiger partial charge in [0, 0.05) is 32.7 Å². The number of hydrogen-bond acceptors (Lipinski definition) is 9. The van der Waals surface area contributed by atoms with E-state index in [1.54, 1.807) is 7.11 Å². The lowest BCUT2D eigenvalue weighted by atomic mass is 9.72. The fourth-order valence-corrected chi connectivity index (χ4v) is 13.2. The predicted octanol–water partition coefficient (Wildman–Crippen LogP) is 3.38. The van der Waals surface area contributed by atoms with E-state index in [1.165, 1.54) is 24.4 Å². The van der Waals surface area contributed by atoms with Gasteiger partial charge < -0.3 is 38.3 Å². The molecule has 1 saturated heterocycles. The Kier molecular flexibility index (Phi) is 9.47. The Balaban J connectivity index is 1.65. The zero-order valence-corrected chi connectivity index (χ0v) is 28.8. The Morgan fingerprint density at radius 3 is 2.00 bits per heavy atom. The van der Waals surface area contributed by atoms with E-state index in [4.69, 9.17) is 28.1 Å². The Morgan fingerprint density at radius 1 is 0.933 bits per heavy atom. The van der Waals surface area contributed by atoms with Crippen molar-refractivity contribution in [3.8, 4) is 0 Å². The number of rotatable bonds is 10. The normalized spacial score (nSPS) is 36.7. The summed E-state index contributed by atoms with van der Waals surface area (Å²) in [6, 6.07) is 21.0. The van der Waals surface area contributed by atoms with Gasteiger partial charge in [-0.15, -0.1) is 0 Å². The lowest BCUT2D eigenvalue weighted by Crippen LogP contribution is -2.68. The topological polar surface area (TPSA) is 113 Å². The van der Waals surface area contributed by atoms with Crippen molar-refractivity contribution in [1.82, 2.24) is 0 Å². The van der Waals surface area contributed by atoms with Gasteiger partial charge in [-0.3, -0.25) is 0 Å². The number of hydrogen-bond donors (Lipinski definition) is 2. The predicted molar refractivity (Wildman–Crippen MR) is 171 cm³/mol. The highest BCUT2D eigenvalue weighted by molar-refractivity contribution is 6.99. The molecule has 2 saturated carbocycles. The monoisotopic (exact) mass is 642 g/mol. The van der Waals surface area contributed by atoms with Crippen LogP contribution in [0.25, 0.3) is 0 Å². The number of carbonyl (C=O) groups is 1. The third kappa shape index (κ3) is 5.41. The van der Waals surface area contributed by atoms with E-state index >= 15 is 0 Å². The molecule has 248 valence electrons. The van der Waals surface area contributed by atoms with E-state index in [0.29, 0.717) is 6.42 Å². The maximum absolute atomic E-state index is 13.2. The van der Waals surface area contributed by atoms with Gasteiger partial charge in [-0.2, -0.15) is 0 Å². The molecule has 0 amide bonds. The second-order valence-electron chi connectivity index (χ2n) is 14.5. The number of benzene rings is 2. The van der Waals surface area contributed by atoms with Crippen LogP contribution in [0.5, 0.6) is 0 Å². The average Bonchev–Trinajstić information content (AvgIpc) is 3.40. The van der Waals surface area contributed by atoms with Gasteiger partial charge in [0.1, 0.15) is 19.7 Å². The minimum absolute atomic E-state index is 0.0185. The summed E-state index contributed by atoms with van der Waals surface area (Å²) in [5, 5.41) is 26.2. The fraction of sp³-hybridized carbons (Fsp3) is 0.629. The molecule has 0 radical (unpaired) electrons. The van der Waals surface area contributed by atoms with Gasteiger partial charge in [-0.1, -0.05) is 88.4 Å². The number of carbonyl (C=O) groups excluding carboxylic acids is 1. The quantitative estimate of drug-likeness (QED) is 0.229. The molecule has 9 atom stereocenters. The molecule has 0 spiro atoms. The van der Waals surface area contributed by atoms with Crippen LogP contribution < -0.4 is 10.4 Å². The molecule has 45 heavy (non-hydrogen) atoms. The lowest BCUT2D eigenvalue weighted by Gasteiger charge is -2.46. The smallest absolute Gasteiger partial charge is 0.341 e. The molecule has 1 aliphatic heterocycles. The van der Waals surface area contributed by atoms with Gasteiger partial charge in [-0.25, -0.2) is 4.79 Å². The Hall–Kier alpha value is -2.15. The van der Waals surface area contributed by atoms with Crippen molar-refractivity contribution >= 4 is 24.7 Å². The highest BCUT2D eigenvalue weighted by Crippen LogP contribution is 2.59. The minimum atomic E-state index is -2.96. The number of aliphatic hydroxyl groups is 2. The van der Waals surface area contributed by atoms with Crippen LogP contribution in [0.1, 0.15) is 54.4 Å². The number of ether oxygens (including phenoxy) is 5. The first-order valence-electron chi connectivity index (χ1n) is 15.9. The molecule has 10 heteroatoms. The lowest BCUT2D eigenvalue weighted by molar-refractivity contribution is -0.233. The average molecular weight is 643 g/mol. The summed E-state index contributed by atoms with van der Waals surface area (Å²) >= 11 is 0. The first kappa shape index (κ1) is 34.2. The maximum atomic E-state index is 13.2. The summed E-state index contributed by atoms with van der Waals surface area (Å²) in [5.41, 5.74) is -5.18. The molecule has 2 N–H and O–H groups in total. The molecule has 0 unspecified atom stereocenters. The molecule has 3 fully saturated rings. The van der Waals surface area contributed by atoms with Crippen LogP contribution >= 0.6 is 0 Å². The van der Waals surface area contributed by atoms with E-state index in [2.05, 4.69) is 76.2 Å². The standard InChI is InChI=1S/C35H50O9Si/c1-23-27(44-45(32(2,3)4,24-15-11-9-12-16-24)25-17-13-10-14-18-25)19-26-29(23)30-35(38,34(6,37)31(36)43-30)28(41-21-39-7)20-33(26,5)42-22-40-8/h9-18,23,26-30,37-38H,19-22H2,1-8H3/t23-,26-,27-,28-,29+,30-,33-,34+,35+/m0/s1. The minimum Gasteiger partial charge on any atom is -0.457 e. The van der Waals surface area contributed by atoms with Gasteiger partial charge in [0.05, 0.1) is 11.7 Å². The second-order valence-corrected chi connectivity index (χ2v) is 18.7. The van der Waals surface area contributed by atoms with Crippen molar-refractivity contribution in [2.45, 2.75) is 94.5 Å². The zero-order valence-electron chi connectivity index (χ0n) is 27.8. The van der Waals surface area contributed by atoms with Crippen LogP contribution in [0.2, 0.25) is 5.04 Å². The molecule has 0 bridgehead atoms. The van der Waals surface area contributed by atoms with Crippen LogP contribution in [-0.4, -0.2) is 87.4 Å². The van der Waals surface area contributed by atoms with Crippen LogP contribution in [-0.2, 0) is 32.9 Å². The van der Waals surface area contributed by atoms with E-state index in [1.807, 2.05) is 19.1 Å². The van der Waals surface area contributed by atoms with E-state index in [0.717, 1.165) is 0 Å². The summed E-state index contributed by atoms with van der Waals surface area (Å²) in [6.07, 6.45) is -1.62. The van der Waals surface area contributed by atoms with Gasteiger partial charge in [0.25, 0.3) is 8.32 Å². The highest BCUT2D eigenvalue weighted by Gasteiger charge is 2.75. The molecule has 3 aliphatic rings. The first-order valence-corrected chi connectivity index (χ1v) is 17.8. The highest BCUT2D eigenvalue weighted by atomic mass is 28.4. The third-order valence-corrected chi connectivity index (χ3v) is 15.9. The van der Waals surface area contributed by atoms with Crippen molar-refractivity contribution in [3.63, 3.8) is 0 Å². The number of fused-ring (bicyclic) bond motifs is 3. The summed E-state index contributed by atoms with van der Waals surface area (Å²) in [7, 11) is 0.0936. The van der Waals surface area contributed by atoms with Crippen molar-refractivity contribution in [2.75, 3.05) is 27.8 Å². The van der Waals surface area contributed by atoms with E-state index in [-0.39, 0.29) is 43.0 Å². The van der Waals surface area contributed by atoms with Gasteiger partial charge in [0.15, 0.2) is 11.2 Å². The molecule has 0 aromatic heterocycles. The molecular formula is C35H50O9Si. The maximum Gasteiger partial charge on any atom is 0.341 e. The molecular weight excluding hydrogens is 592 g/mol. The number of methoxy groups -OCH3 is 2.